The third-order valence-corrected chi connectivity index (χ3v) is 3.59. The molecule has 0 aromatic carbocycles. The number of alkyl halides is 1. The highest BCUT2D eigenvalue weighted by Crippen LogP contribution is 2.29. The molecule has 0 saturated carbocycles. The summed E-state index contributed by atoms with van der Waals surface area (Å²) in [5, 5.41) is 0. The molecule has 0 aliphatic heterocycles. The number of halogens is 1. The minimum absolute atomic E-state index is 0.196. The molecule has 0 aliphatic carbocycles. The molecule has 0 aromatic heterocycles. The lowest BCUT2D eigenvalue weighted by atomic mass is 9.85. The maximum absolute atomic E-state index is 10.9. The van der Waals surface area contributed by atoms with Gasteiger partial charge in [-0.2, -0.15) is 0 Å². The molecule has 0 amide bonds. The van der Waals surface area contributed by atoms with Crippen molar-refractivity contribution < 1.29 is 4.21 Å². The molecule has 0 aliphatic rings. The lowest BCUT2D eigenvalue weighted by molar-refractivity contribution is 0.326. The maximum atomic E-state index is 10.9. The first-order valence-electron chi connectivity index (χ1n) is 4.40. The maximum Gasteiger partial charge on any atom is 0.0277 e. The molecule has 0 bridgehead atoms. The van der Waals surface area contributed by atoms with Crippen LogP contribution in [0, 0.1) is 5.41 Å². The summed E-state index contributed by atoms with van der Waals surface area (Å²) < 4.78 is 10.9. The monoisotopic (exact) mass is 210 g/mol. The zero-order valence-electron chi connectivity index (χ0n) is 8.23. The summed E-state index contributed by atoms with van der Waals surface area (Å²) in [6.45, 7) is 4.34. The van der Waals surface area contributed by atoms with E-state index in [1.165, 1.54) is 0 Å². The van der Waals surface area contributed by atoms with Crippen LogP contribution in [0.15, 0.2) is 0 Å². The first-order valence-corrected chi connectivity index (χ1v) is 6.66. The second kappa shape index (κ2) is 5.98. The van der Waals surface area contributed by atoms with Gasteiger partial charge in [0, 0.05) is 28.7 Å². The molecule has 0 saturated heterocycles. The Bertz CT molecular complexity index is 149. The molecule has 0 N–H and O–H groups in total. The van der Waals surface area contributed by atoms with Crippen LogP contribution in [0.25, 0.3) is 0 Å². The lowest BCUT2D eigenvalue weighted by Gasteiger charge is -2.25. The Morgan fingerprint density at radius 3 is 2.33 bits per heavy atom. The third kappa shape index (κ3) is 5.15. The van der Waals surface area contributed by atoms with E-state index in [9.17, 15) is 4.21 Å². The molecule has 0 fully saturated rings. The Kier molecular flexibility index (Phi) is 6.20. The summed E-state index contributed by atoms with van der Waals surface area (Å²) in [6, 6.07) is 0. The van der Waals surface area contributed by atoms with E-state index in [2.05, 4.69) is 13.8 Å². The predicted octanol–water partition coefficient (Wildman–Crippen LogP) is 2.80. The molecule has 0 radical (unpaired) electrons. The fourth-order valence-electron chi connectivity index (χ4n) is 1.25. The summed E-state index contributed by atoms with van der Waals surface area (Å²) in [5.41, 5.74) is 0.196. The van der Waals surface area contributed by atoms with E-state index in [0.29, 0.717) is 5.88 Å². The van der Waals surface area contributed by atoms with Crippen LogP contribution < -0.4 is 0 Å². The highest BCUT2D eigenvalue weighted by atomic mass is 35.5. The number of rotatable bonds is 6. The van der Waals surface area contributed by atoms with Crippen LogP contribution in [0.2, 0.25) is 0 Å². The van der Waals surface area contributed by atoms with Gasteiger partial charge < -0.3 is 0 Å². The Hall–Kier alpha value is 0.440. The van der Waals surface area contributed by atoms with E-state index in [1.807, 2.05) is 0 Å². The summed E-state index contributed by atoms with van der Waals surface area (Å²) in [6.07, 6.45) is 5.02. The molecule has 12 heavy (non-hydrogen) atoms. The molecule has 74 valence electrons. The van der Waals surface area contributed by atoms with Gasteiger partial charge >= 0.3 is 0 Å². The van der Waals surface area contributed by atoms with E-state index in [0.717, 1.165) is 25.0 Å². The second-order valence-corrected chi connectivity index (χ2v) is 5.54. The van der Waals surface area contributed by atoms with E-state index < -0.39 is 10.8 Å². The first kappa shape index (κ1) is 12.4. The van der Waals surface area contributed by atoms with Crippen LogP contribution in [0.5, 0.6) is 0 Å². The summed E-state index contributed by atoms with van der Waals surface area (Å²) in [7, 11) is -0.676. The van der Waals surface area contributed by atoms with Gasteiger partial charge in [-0.25, -0.2) is 0 Å². The van der Waals surface area contributed by atoms with Crippen molar-refractivity contribution in [2.75, 3.05) is 17.9 Å². The number of hydrogen-bond donors (Lipinski definition) is 0. The molecule has 0 heterocycles. The van der Waals surface area contributed by atoms with Crippen LogP contribution >= 0.6 is 11.6 Å². The van der Waals surface area contributed by atoms with Crippen molar-refractivity contribution in [2.45, 2.75) is 33.1 Å². The van der Waals surface area contributed by atoms with Crippen molar-refractivity contribution in [1.29, 1.82) is 0 Å². The molecular formula is C9H19ClOS. The highest BCUT2D eigenvalue weighted by molar-refractivity contribution is 7.84. The fraction of sp³-hybridized carbons (Fsp3) is 1.00. The summed E-state index contributed by atoms with van der Waals surface area (Å²) in [4.78, 5) is 0. The van der Waals surface area contributed by atoms with Gasteiger partial charge in [-0.3, -0.25) is 4.21 Å². The predicted molar refractivity (Wildman–Crippen MR) is 57.3 cm³/mol. The Morgan fingerprint density at radius 2 is 2.00 bits per heavy atom. The van der Waals surface area contributed by atoms with Crippen molar-refractivity contribution in [3.8, 4) is 0 Å². The van der Waals surface area contributed by atoms with Crippen molar-refractivity contribution in [3.05, 3.63) is 0 Å². The van der Waals surface area contributed by atoms with Gasteiger partial charge in [0.2, 0.25) is 0 Å². The molecule has 0 aromatic rings. The SMILES string of the molecule is CCCC(C)(CCl)CCS(C)=O. The molecule has 2 unspecified atom stereocenters. The summed E-state index contributed by atoms with van der Waals surface area (Å²) in [5.74, 6) is 1.46. The highest BCUT2D eigenvalue weighted by Gasteiger charge is 2.21. The van der Waals surface area contributed by atoms with Crippen LogP contribution in [-0.2, 0) is 10.8 Å². The minimum Gasteiger partial charge on any atom is -0.260 e. The van der Waals surface area contributed by atoms with Crippen molar-refractivity contribution in [2.24, 2.45) is 5.41 Å². The van der Waals surface area contributed by atoms with Crippen molar-refractivity contribution in [1.82, 2.24) is 0 Å². The zero-order chi connectivity index (χ0) is 9.61. The van der Waals surface area contributed by atoms with Gasteiger partial charge in [0.15, 0.2) is 0 Å². The molecule has 2 atom stereocenters. The fourth-order valence-corrected chi connectivity index (χ4v) is 2.30. The second-order valence-electron chi connectivity index (χ2n) is 3.72. The van der Waals surface area contributed by atoms with Gasteiger partial charge in [0.05, 0.1) is 0 Å². The lowest BCUT2D eigenvalue weighted by Crippen LogP contribution is -2.20. The van der Waals surface area contributed by atoms with E-state index in [4.69, 9.17) is 11.6 Å². The van der Waals surface area contributed by atoms with Gasteiger partial charge in [-0.1, -0.05) is 20.3 Å². The topological polar surface area (TPSA) is 17.1 Å². The number of hydrogen-bond acceptors (Lipinski definition) is 1. The van der Waals surface area contributed by atoms with E-state index in [1.54, 1.807) is 6.26 Å². The van der Waals surface area contributed by atoms with Crippen LogP contribution in [-0.4, -0.2) is 22.1 Å². The third-order valence-electron chi connectivity index (χ3n) is 2.17. The average Bonchev–Trinajstić information content (AvgIpc) is 2.02. The molecule has 1 nitrogen and oxygen atoms in total. The Morgan fingerprint density at radius 1 is 1.42 bits per heavy atom. The Balaban J connectivity index is 3.86. The Labute approximate surface area is 83.3 Å². The average molecular weight is 211 g/mol. The van der Waals surface area contributed by atoms with Crippen LogP contribution in [0.4, 0.5) is 0 Å². The molecular weight excluding hydrogens is 192 g/mol. The smallest absolute Gasteiger partial charge is 0.0277 e. The molecule has 0 rings (SSSR count). The summed E-state index contributed by atoms with van der Waals surface area (Å²) >= 11 is 5.87. The zero-order valence-corrected chi connectivity index (χ0v) is 9.80. The van der Waals surface area contributed by atoms with Crippen LogP contribution in [0.1, 0.15) is 33.1 Å². The first-order chi connectivity index (χ1) is 5.54. The molecule has 0 spiro atoms. The normalized spacial score (nSPS) is 18.7. The van der Waals surface area contributed by atoms with E-state index >= 15 is 0 Å². The van der Waals surface area contributed by atoms with Crippen molar-refractivity contribution in [3.63, 3.8) is 0 Å². The van der Waals surface area contributed by atoms with Gasteiger partial charge in [-0.05, 0) is 18.3 Å². The van der Waals surface area contributed by atoms with Gasteiger partial charge in [0.1, 0.15) is 0 Å². The quantitative estimate of drug-likeness (QED) is 0.617. The largest absolute Gasteiger partial charge is 0.260 e. The van der Waals surface area contributed by atoms with Gasteiger partial charge in [0.25, 0.3) is 0 Å². The minimum atomic E-state index is -0.676. The van der Waals surface area contributed by atoms with Crippen LogP contribution in [0.3, 0.4) is 0 Å². The van der Waals surface area contributed by atoms with Crippen molar-refractivity contribution >= 4 is 22.4 Å². The van der Waals surface area contributed by atoms with E-state index in [-0.39, 0.29) is 5.41 Å². The van der Waals surface area contributed by atoms with Gasteiger partial charge in [-0.15, -0.1) is 11.6 Å². The standard InChI is InChI=1S/C9H19ClOS/c1-4-5-9(2,8-10)6-7-12(3)11/h4-8H2,1-3H3. The molecule has 3 heteroatoms.